The Labute approximate surface area is 288 Å². The van der Waals surface area contributed by atoms with Crippen molar-refractivity contribution in [2.75, 3.05) is 54.7 Å². The number of pyridine rings is 1. The number of carboxylic acids is 1. The molecule has 2 aliphatic heterocycles. The Bertz CT molecular complexity index is 1690. The predicted octanol–water partition coefficient (Wildman–Crippen LogP) is 6.95. The van der Waals surface area contributed by atoms with Crippen LogP contribution >= 0.6 is 0 Å². The number of ether oxygens (including phenoxy) is 3. The Morgan fingerprint density at radius 2 is 1.90 bits per heavy atom. The smallest absolute Gasteiger partial charge is 0.416 e. The molecule has 0 unspecified atom stereocenters. The van der Waals surface area contributed by atoms with Gasteiger partial charge in [-0.25, -0.2) is 9.78 Å². The van der Waals surface area contributed by atoms with Crippen molar-refractivity contribution in [1.29, 1.82) is 5.26 Å². The van der Waals surface area contributed by atoms with Crippen molar-refractivity contribution < 1.29 is 42.1 Å². The maximum absolute atomic E-state index is 13.9. The van der Waals surface area contributed by atoms with E-state index in [2.05, 4.69) is 4.90 Å². The van der Waals surface area contributed by atoms with Crippen molar-refractivity contribution in [3.8, 4) is 11.8 Å². The molecule has 50 heavy (non-hydrogen) atoms. The molecule has 0 bridgehead atoms. The van der Waals surface area contributed by atoms with Crippen LogP contribution in [0.2, 0.25) is 0 Å². The number of halogens is 3. The zero-order chi connectivity index (χ0) is 35.8. The lowest BCUT2D eigenvalue weighted by atomic mass is 9.88. The number of carbonyl (C=O) groups excluding carboxylic acids is 1. The van der Waals surface area contributed by atoms with Gasteiger partial charge in [0.05, 0.1) is 67.7 Å². The van der Waals surface area contributed by atoms with Gasteiger partial charge in [-0.2, -0.15) is 18.4 Å². The molecule has 0 radical (unpaired) electrons. The van der Waals surface area contributed by atoms with E-state index in [-0.39, 0.29) is 36.7 Å². The Kier molecular flexibility index (Phi) is 11.7. The van der Waals surface area contributed by atoms with E-state index in [0.29, 0.717) is 74.8 Å². The minimum absolute atomic E-state index is 0.0196. The van der Waals surface area contributed by atoms with Gasteiger partial charge in [0.1, 0.15) is 11.6 Å². The van der Waals surface area contributed by atoms with Gasteiger partial charge >= 0.3 is 18.2 Å². The Morgan fingerprint density at radius 1 is 1.12 bits per heavy atom. The maximum atomic E-state index is 13.9. The number of benzene rings is 2. The molecule has 1 aromatic heterocycles. The second kappa shape index (κ2) is 16.1. The second-order valence-corrected chi connectivity index (χ2v) is 12.2. The van der Waals surface area contributed by atoms with Crippen LogP contribution in [0.5, 0.6) is 5.75 Å². The average molecular weight is 696 g/mol. The molecule has 3 heterocycles. The summed E-state index contributed by atoms with van der Waals surface area (Å²) in [4.78, 5) is 34.9. The molecule has 1 amide bonds. The summed E-state index contributed by atoms with van der Waals surface area (Å²) in [5.74, 6) is 0.101. The van der Waals surface area contributed by atoms with E-state index >= 15 is 0 Å². The van der Waals surface area contributed by atoms with Gasteiger partial charge in [0.25, 0.3) is 0 Å². The van der Waals surface area contributed by atoms with Crippen LogP contribution in [0, 0.1) is 11.3 Å². The van der Waals surface area contributed by atoms with Crippen LogP contribution in [0.25, 0.3) is 0 Å². The first-order valence-electron chi connectivity index (χ1n) is 16.5. The van der Waals surface area contributed by atoms with Crippen molar-refractivity contribution in [1.82, 2.24) is 4.98 Å². The average Bonchev–Trinajstić information content (AvgIpc) is 3.12. The minimum atomic E-state index is -4.66. The van der Waals surface area contributed by atoms with Crippen LogP contribution in [-0.2, 0) is 27.0 Å². The number of hydrogen-bond acceptors (Lipinski definition) is 9. The quantitative estimate of drug-likeness (QED) is 0.199. The molecule has 0 spiro atoms. The van der Waals surface area contributed by atoms with Gasteiger partial charge in [-0.05, 0) is 79.8 Å². The fourth-order valence-electron chi connectivity index (χ4n) is 6.45. The molecular formula is C36H40F3N5O6. The number of unbranched alkanes of at least 4 members (excludes halogenated alkanes) is 1. The highest BCUT2D eigenvalue weighted by Gasteiger charge is 2.40. The molecule has 14 heteroatoms. The lowest BCUT2D eigenvalue weighted by Crippen LogP contribution is -2.48. The number of alkyl halides is 3. The number of morpholine rings is 1. The van der Waals surface area contributed by atoms with Gasteiger partial charge in [-0.15, -0.1) is 0 Å². The molecule has 2 aliphatic rings. The summed E-state index contributed by atoms with van der Waals surface area (Å²) >= 11 is 0. The summed E-state index contributed by atoms with van der Waals surface area (Å²) in [6.07, 6.45) is -1.85. The second-order valence-electron chi connectivity index (χ2n) is 12.2. The molecule has 1 N–H and O–H groups in total. The van der Waals surface area contributed by atoms with Crippen LogP contribution in [0.1, 0.15) is 67.3 Å². The molecule has 0 saturated carbocycles. The maximum Gasteiger partial charge on any atom is 0.416 e. The molecule has 3 aromatic rings. The number of carbonyl (C=O) groups is 2. The minimum Gasteiger partial charge on any atom is -0.497 e. The van der Waals surface area contributed by atoms with Crippen molar-refractivity contribution in [2.45, 2.75) is 63.8 Å². The SMILES string of the molecule is CC[C@@H]1C[C@H](N(Cc2cc(C#N)cc(C(F)(F)F)c2)c2ccc(N3CCOCC3)cn2)c2cc(OC)ccc2N1C(=O)OCCCCC(=O)O. The van der Waals surface area contributed by atoms with Crippen LogP contribution in [0.15, 0.2) is 54.7 Å². The van der Waals surface area contributed by atoms with Gasteiger partial charge in [-0.1, -0.05) is 6.92 Å². The number of carboxylic acid groups (broad SMARTS) is 1. The van der Waals surface area contributed by atoms with Gasteiger partial charge in [0.15, 0.2) is 0 Å². The molecule has 2 atom stereocenters. The number of aromatic nitrogens is 1. The first-order chi connectivity index (χ1) is 24.0. The van der Waals surface area contributed by atoms with E-state index in [1.807, 2.05) is 30.0 Å². The third-order valence-electron chi connectivity index (χ3n) is 8.97. The Hall–Kier alpha value is -5.03. The third kappa shape index (κ3) is 8.57. The first kappa shape index (κ1) is 36.3. The van der Waals surface area contributed by atoms with E-state index in [9.17, 15) is 28.0 Å². The van der Waals surface area contributed by atoms with Crippen LogP contribution in [0.3, 0.4) is 0 Å². The lowest BCUT2D eigenvalue weighted by molar-refractivity contribution is -0.138. The number of anilines is 3. The number of amides is 1. The summed E-state index contributed by atoms with van der Waals surface area (Å²) in [6, 6.07) is 13.4. The molecule has 1 fully saturated rings. The fourth-order valence-corrected chi connectivity index (χ4v) is 6.45. The van der Waals surface area contributed by atoms with E-state index in [0.717, 1.165) is 17.8 Å². The fraction of sp³-hybridized carbons (Fsp3) is 0.444. The number of nitriles is 1. The van der Waals surface area contributed by atoms with Crippen molar-refractivity contribution in [3.05, 3.63) is 77.0 Å². The number of nitrogens with zero attached hydrogens (tertiary/aromatic N) is 5. The molecule has 11 nitrogen and oxygen atoms in total. The summed E-state index contributed by atoms with van der Waals surface area (Å²) in [7, 11) is 1.52. The zero-order valence-electron chi connectivity index (χ0n) is 28.0. The summed E-state index contributed by atoms with van der Waals surface area (Å²) in [5.41, 5.74) is 1.37. The largest absolute Gasteiger partial charge is 0.497 e. The monoisotopic (exact) mass is 695 g/mol. The normalized spacial score (nSPS) is 17.4. The van der Waals surface area contributed by atoms with E-state index in [4.69, 9.17) is 24.3 Å². The van der Waals surface area contributed by atoms with Gasteiger partial charge in [-0.3, -0.25) is 9.69 Å². The standard InChI is InChI=1S/C36H40F3N5O6/c1-3-27-19-32(30-20-29(48-2)8-9-31(30)44(27)35(47)50-13-5-4-6-34(45)46)43(23-25-16-24(21-40)17-26(18-25)36(37,38)39)33-10-7-28(22-41-33)42-11-14-49-15-12-42/h7-10,16-18,20,22,27,32H,3-6,11-15,19,23H2,1-2H3,(H,45,46)/t27-,32+/m1/s1. The van der Waals surface area contributed by atoms with Crippen LogP contribution in [-0.4, -0.2) is 68.2 Å². The summed E-state index contributed by atoms with van der Waals surface area (Å²) < 4.78 is 58.5. The van der Waals surface area contributed by atoms with E-state index in [1.165, 1.54) is 13.2 Å². The van der Waals surface area contributed by atoms with Gasteiger partial charge in [0.2, 0.25) is 0 Å². The predicted molar refractivity (Wildman–Crippen MR) is 179 cm³/mol. The molecule has 5 rings (SSSR count). The van der Waals surface area contributed by atoms with E-state index < -0.39 is 29.8 Å². The number of hydrogen-bond donors (Lipinski definition) is 1. The topological polar surface area (TPSA) is 128 Å². The highest BCUT2D eigenvalue weighted by molar-refractivity contribution is 5.90. The lowest BCUT2D eigenvalue weighted by Gasteiger charge is -2.44. The summed E-state index contributed by atoms with van der Waals surface area (Å²) in [5, 5.41) is 18.5. The Balaban J connectivity index is 1.56. The molecule has 266 valence electrons. The van der Waals surface area contributed by atoms with Gasteiger partial charge in [0, 0.05) is 37.7 Å². The van der Waals surface area contributed by atoms with Crippen molar-refractivity contribution >= 4 is 29.3 Å². The van der Waals surface area contributed by atoms with Crippen molar-refractivity contribution in [3.63, 3.8) is 0 Å². The van der Waals surface area contributed by atoms with Crippen LogP contribution in [0.4, 0.5) is 35.2 Å². The molecule has 0 aliphatic carbocycles. The molecule has 2 aromatic carbocycles. The zero-order valence-corrected chi connectivity index (χ0v) is 28.0. The highest BCUT2D eigenvalue weighted by atomic mass is 19.4. The first-order valence-corrected chi connectivity index (χ1v) is 16.5. The van der Waals surface area contributed by atoms with Crippen LogP contribution < -0.4 is 19.4 Å². The van der Waals surface area contributed by atoms with E-state index in [1.54, 1.807) is 29.3 Å². The van der Waals surface area contributed by atoms with Crippen molar-refractivity contribution in [2.24, 2.45) is 0 Å². The molecular weight excluding hydrogens is 655 g/mol. The number of rotatable bonds is 12. The number of methoxy groups -OCH3 is 1. The number of fused-ring (bicyclic) bond motifs is 1. The Morgan fingerprint density at radius 3 is 2.54 bits per heavy atom. The summed E-state index contributed by atoms with van der Waals surface area (Å²) in [6.45, 7) is 4.55. The number of aliphatic carboxylic acids is 1. The van der Waals surface area contributed by atoms with Gasteiger partial charge < -0.3 is 29.1 Å². The highest BCUT2D eigenvalue weighted by Crippen LogP contribution is 2.45. The molecule has 1 saturated heterocycles. The third-order valence-corrected chi connectivity index (χ3v) is 8.97.